The summed E-state index contributed by atoms with van der Waals surface area (Å²) in [6, 6.07) is 0.911. The third kappa shape index (κ3) is 3.13. The van der Waals surface area contributed by atoms with Crippen LogP contribution in [0.2, 0.25) is 0 Å². The van der Waals surface area contributed by atoms with Gasteiger partial charge in [-0.3, -0.25) is 0 Å². The van der Waals surface area contributed by atoms with E-state index < -0.39 is 0 Å². The number of nitrogens with one attached hydrogen (secondary N) is 2. The molecule has 0 spiro atoms. The van der Waals surface area contributed by atoms with E-state index in [9.17, 15) is 4.79 Å². The minimum absolute atomic E-state index is 0.0556. The normalized spacial score (nSPS) is 30.2. The minimum Gasteiger partial charge on any atom is -0.335 e. The van der Waals surface area contributed by atoms with E-state index in [0.717, 1.165) is 19.3 Å². The van der Waals surface area contributed by atoms with E-state index in [1.54, 1.807) is 0 Å². The van der Waals surface area contributed by atoms with E-state index >= 15 is 0 Å². The summed E-state index contributed by atoms with van der Waals surface area (Å²) in [5.41, 5.74) is 0. The lowest BCUT2D eigenvalue weighted by Crippen LogP contribution is -2.48. The molecule has 2 N–H and O–H groups in total. The molecule has 0 aromatic rings. The molecule has 2 atom stereocenters. The summed E-state index contributed by atoms with van der Waals surface area (Å²) < 4.78 is 0. The Kier molecular flexibility index (Phi) is 3.72. The molecule has 2 amide bonds. The Hall–Kier alpha value is -0.730. The van der Waals surface area contributed by atoms with Crippen molar-refractivity contribution >= 4 is 6.03 Å². The summed E-state index contributed by atoms with van der Waals surface area (Å²) in [7, 11) is 0. The maximum Gasteiger partial charge on any atom is 0.315 e. The van der Waals surface area contributed by atoms with Crippen LogP contribution in [-0.2, 0) is 0 Å². The highest BCUT2D eigenvalue weighted by atomic mass is 16.2. The third-order valence-electron chi connectivity index (χ3n) is 3.90. The van der Waals surface area contributed by atoms with Crippen molar-refractivity contribution in [2.24, 2.45) is 11.8 Å². The molecule has 0 aromatic heterocycles. The van der Waals surface area contributed by atoms with E-state index in [-0.39, 0.29) is 6.03 Å². The highest BCUT2D eigenvalue weighted by Gasteiger charge is 2.30. The van der Waals surface area contributed by atoms with Crippen LogP contribution in [0.15, 0.2) is 0 Å². The van der Waals surface area contributed by atoms with E-state index in [1.807, 2.05) is 0 Å². The molecule has 0 aromatic carbocycles. The standard InChI is InChI=1S/C13H24N2O/c1-9(2)11-5-3-4-6-12(11)15-13(16)14-10-7-8-10/h9-12H,3-8H2,1-2H3,(H2,14,15,16)/t11-,12+/m0/s1. The number of carbonyl (C=O) groups excluding carboxylic acids is 1. The summed E-state index contributed by atoms with van der Waals surface area (Å²) in [5.74, 6) is 1.34. The van der Waals surface area contributed by atoms with Gasteiger partial charge in [0.1, 0.15) is 0 Å². The van der Waals surface area contributed by atoms with Crippen molar-refractivity contribution < 1.29 is 4.79 Å². The average Bonchev–Trinajstić information content (AvgIpc) is 3.02. The number of hydrogen-bond donors (Lipinski definition) is 2. The number of urea groups is 1. The Balaban J connectivity index is 1.82. The van der Waals surface area contributed by atoms with E-state index in [2.05, 4.69) is 24.5 Å². The van der Waals surface area contributed by atoms with Gasteiger partial charge in [0.05, 0.1) is 0 Å². The van der Waals surface area contributed by atoms with Crippen LogP contribution < -0.4 is 10.6 Å². The van der Waals surface area contributed by atoms with Gasteiger partial charge in [-0.2, -0.15) is 0 Å². The van der Waals surface area contributed by atoms with Crippen LogP contribution in [0.1, 0.15) is 52.4 Å². The Morgan fingerprint density at radius 1 is 1.06 bits per heavy atom. The number of carbonyl (C=O) groups is 1. The fourth-order valence-electron chi connectivity index (χ4n) is 2.76. The first-order valence-electron chi connectivity index (χ1n) is 6.74. The molecule has 0 bridgehead atoms. The zero-order valence-corrected chi connectivity index (χ0v) is 10.5. The van der Waals surface area contributed by atoms with Crippen LogP contribution in [-0.4, -0.2) is 18.1 Å². The smallest absolute Gasteiger partial charge is 0.315 e. The predicted molar refractivity (Wildman–Crippen MR) is 65.3 cm³/mol. The van der Waals surface area contributed by atoms with Gasteiger partial charge in [0, 0.05) is 12.1 Å². The van der Waals surface area contributed by atoms with Crippen LogP contribution in [0.3, 0.4) is 0 Å². The average molecular weight is 224 g/mol. The van der Waals surface area contributed by atoms with Crippen molar-refractivity contribution in [3.05, 3.63) is 0 Å². The largest absolute Gasteiger partial charge is 0.335 e. The topological polar surface area (TPSA) is 41.1 Å². The number of hydrogen-bond acceptors (Lipinski definition) is 1. The Morgan fingerprint density at radius 2 is 1.75 bits per heavy atom. The highest BCUT2D eigenvalue weighted by molar-refractivity contribution is 5.74. The van der Waals surface area contributed by atoms with E-state index in [1.165, 1.54) is 19.3 Å². The summed E-state index contributed by atoms with van der Waals surface area (Å²) in [4.78, 5) is 11.7. The molecule has 0 aliphatic heterocycles. The lowest BCUT2D eigenvalue weighted by atomic mass is 9.78. The Morgan fingerprint density at radius 3 is 2.38 bits per heavy atom. The summed E-state index contributed by atoms with van der Waals surface area (Å²) >= 11 is 0. The maximum absolute atomic E-state index is 11.7. The monoisotopic (exact) mass is 224 g/mol. The molecule has 16 heavy (non-hydrogen) atoms. The lowest BCUT2D eigenvalue weighted by molar-refractivity contribution is 0.194. The zero-order valence-electron chi connectivity index (χ0n) is 10.5. The first-order valence-corrected chi connectivity index (χ1v) is 6.74. The highest BCUT2D eigenvalue weighted by Crippen LogP contribution is 2.30. The van der Waals surface area contributed by atoms with Crippen LogP contribution in [0, 0.1) is 11.8 Å². The first kappa shape index (κ1) is 11.7. The SMILES string of the molecule is CC(C)[C@@H]1CCCC[C@H]1NC(=O)NC1CC1. The number of rotatable bonds is 3. The third-order valence-corrected chi connectivity index (χ3v) is 3.90. The van der Waals surface area contributed by atoms with Gasteiger partial charge in [-0.25, -0.2) is 4.79 Å². The van der Waals surface area contributed by atoms with Crippen molar-refractivity contribution in [1.29, 1.82) is 0 Å². The summed E-state index contributed by atoms with van der Waals surface area (Å²) in [6.45, 7) is 4.53. The predicted octanol–water partition coefficient (Wildman–Crippen LogP) is 2.66. The second-order valence-corrected chi connectivity index (χ2v) is 5.69. The van der Waals surface area contributed by atoms with Gasteiger partial charge in [-0.1, -0.05) is 26.7 Å². The Labute approximate surface area is 98.4 Å². The van der Waals surface area contributed by atoms with Gasteiger partial charge in [-0.15, -0.1) is 0 Å². The molecule has 2 aliphatic rings. The first-order chi connectivity index (χ1) is 7.66. The van der Waals surface area contributed by atoms with Crippen molar-refractivity contribution in [1.82, 2.24) is 10.6 Å². The molecule has 2 rings (SSSR count). The van der Waals surface area contributed by atoms with Gasteiger partial charge in [0.2, 0.25) is 0 Å². The molecule has 3 heteroatoms. The second-order valence-electron chi connectivity index (χ2n) is 5.69. The van der Waals surface area contributed by atoms with Crippen LogP contribution in [0.4, 0.5) is 4.79 Å². The van der Waals surface area contributed by atoms with Crippen LogP contribution in [0.25, 0.3) is 0 Å². The summed E-state index contributed by atoms with van der Waals surface area (Å²) in [6.07, 6.45) is 7.33. The fraction of sp³-hybridized carbons (Fsp3) is 0.923. The second kappa shape index (κ2) is 5.07. The van der Waals surface area contributed by atoms with Gasteiger partial charge >= 0.3 is 6.03 Å². The fourth-order valence-corrected chi connectivity index (χ4v) is 2.76. The van der Waals surface area contributed by atoms with Crippen molar-refractivity contribution in [3.8, 4) is 0 Å². The molecule has 0 radical (unpaired) electrons. The molecule has 2 fully saturated rings. The van der Waals surface area contributed by atoms with Crippen molar-refractivity contribution in [2.45, 2.75) is 64.5 Å². The van der Waals surface area contributed by atoms with E-state index in [0.29, 0.717) is 23.9 Å². The molecule has 0 saturated heterocycles. The zero-order chi connectivity index (χ0) is 11.5. The number of amides is 2. The Bertz CT molecular complexity index is 248. The molecular weight excluding hydrogens is 200 g/mol. The molecule has 92 valence electrons. The molecule has 2 saturated carbocycles. The van der Waals surface area contributed by atoms with Crippen molar-refractivity contribution in [2.75, 3.05) is 0 Å². The molecular formula is C13H24N2O. The molecule has 3 nitrogen and oxygen atoms in total. The quantitative estimate of drug-likeness (QED) is 0.760. The maximum atomic E-state index is 11.7. The molecule has 2 aliphatic carbocycles. The van der Waals surface area contributed by atoms with E-state index in [4.69, 9.17) is 0 Å². The molecule has 0 unspecified atom stereocenters. The van der Waals surface area contributed by atoms with Gasteiger partial charge < -0.3 is 10.6 Å². The molecule has 0 heterocycles. The minimum atomic E-state index is 0.0556. The van der Waals surface area contributed by atoms with Gasteiger partial charge in [-0.05, 0) is 37.5 Å². The van der Waals surface area contributed by atoms with Crippen LogP contribution in [0.5, 0.6) is 0 Å². The van der Waals surface area contributed by atoms with Crippen LogP contribution >= 0.6 is 0 Å². The summed E-state index contributed by atoms with van der Waals surface area (Å²) in [5, 5.41) is 6.18. The van der Waals surface area contributed by atoms with Crippen molar-refractivity contribution in [3.63, 3.8) is 0 Å². The van der Waals surface area contributed by atoms with Gasteiger partial charge in [0.15, 0.2) is 0 Å². The lowest BCUT2D eigenvalue weighted by Gasteiger charge is -2.34. The van der Waals surface area contributed by atoms with Gasteiger partial charge in [0.25, 0.3) is 0 Å².